The highest BCUT2D eigenvalue weighted by Gasteiger charge is 2.19. The third kappa shape index (κ3) is 5.86. The molecule has 0 radical (unpaired) electrons. The van der Waals surface area contributed by atoms with Gasteiger partial charge in [0.25, 0.3) is 0 Å². The smallest absolute Gasteiger partial charge is 0.0540 e. The molecule has 0 aromatic heterocycles. The summed E-state index contributed by atoms with van der Waals surface area (Å²) >= 11 is 0. The third-order valence-electron chi connectivity index (χ3n) is 9.87. The van der Waals surface area contributed by atoms with E-state index in [9.17, 15) is 0 Å². The Hall–Kier alpha value is -6.70. The molecule has 0 amide bonds. The molecule has 0 heterocycles. The highest BCUT2D eigenvalue weighted by molar-refractivity contribution is 6.04. The van der Waals surface area contributed by atoms with Gasteiger partial charge in [0.2, 0.25) is 0 Å². The van der Waals surface area contributed by atoms with Gasteiger partial charge in [-0.25, -0.2) is 0 Å². The van der Waals surface area contributed by atoms with Gasteiger partial charge in [-0.15, -0.1) is 0 Å². The van der Waals surface area contributed by atoms with Crippen molar-refractivity contribution in [1.82, 2.24) is 0 Å². The SMILES string of the molecule is c1ccc(-c2ccc(-c3ccccc3N(c3ccc(-c4c(-c5ccccc5)ccc5ccccc45)cc3)c3ccc4ccccc4c3)cc2)cc1. The van der Waals surface area contributed by atoms with E-state index in [0.29, 0.717) is 0 Å². The second kappa shape index (κ2) is 13.3. The van der Waals surface area contributed by atoms with Crippen molar-refractivity contribution < 1.29 is 0 Å². The molecule has 0 saturated heterocycles. The first kappa shape index (κ1) is 30.4. The van der Waals surface area contributed by atoms with E-state index in [0.717, 1.165) is 17.1 Å². The summed E-state index contributed by atoms with van der Waals surface area (Å²) in [6.45, 7) is 0. The van der Waals surface area contributed by atoms with Crippen LogP contribution in [0.15, 0.2) is 212 Å². The lowest BCUT2D eigenvalue weighted by atomic mass is 9.89. The molecular weight excluding hydrogens is 615 g/mol. The lowest BCUT2D eigenvalue weighted by molar-refractivity contribution is 1.29. The predicted molar refractivity (Wildman–Crippen MR) is 218 cm³/mol. The number of rotatable bonds is 7. The van der Waals surface area contributed by atoms with Gasteiger partial charge in [0.05, 0.1) is 5.69 Å². The summed E-state index contributed by atoms with van der Waals surface area (Å²) in [5, 5.41) is 4.93. The third-order valence-corrected chi connectivity index (χ3v) is 9.87. The van der Waals surface area contributed by atoms with Crippen molar-refractivity contribution >= 4 is 38.6 Å². The summed E-state index contributed by atoms with van der Waals surface area (Å²) in [7, 11) is 0. The first-order chi connectivity index (χ1) is 25.3. The normalized spacial score (nSPS) is 11.1. The van der Waals surface area contributed by atoms with Crippen molar-refractivity contribution in [2.24, 2.45) is 0 Å². The van der Waals surface area contributed by atoms with Crippen LogP contribution >= 0.6 is 0 Å². The molecule has 0 spiro atoms. The Morgan fingerprint density at radius 3 is 1.55 bits per heavy atom. The summed E-state index contributed by atoms with van der Waals surface area (Å²) in [5.74, 6) is 0. The van der Waals surface area contributed by atoms with Gasteiger partial charge in [0.1, 0.15) is 0 Å². The number of hydrogen-bond acceptors (Lipinski definition) is 1. The summed E-state index contributed by atoms with van der Waals surface area (Å²) in [6, 6.07) is 76.7. The maximum atomic E-state index is 2.40. The van der Waals surface area contributed by atoms with Gasteiger partial charge in [-0.3, -0.25) is 0 Å². The molecule has 240 valence electrons. The lowest BCUT2D eigenvalue weighted by Gasteiger charge is -2.28. The largest absolute Gasteiger partial charge is 0.310 e. The fourth-order valence-corrected chi connectivity index (χ4v) is 7.35. The molecule has 1 heteroatoms. The fraction of sp³-hybridized carbons (Fsp3) is 0. The molecule has 1 nitrogen and oxygen atoms in total. The fourth-order valence-electron chi connectivity index (χ4n) is 7.35. The van der Waals surface area contributed by atoms with Gasteiger partial charge in [-0.2, -0.15) is 0 Å². The Balaban J connectivity index is 1.19. The predicted octanol–water partition coefficient (Wildman–Crippen LogP) is 14.1. The van der Waals surface area contributed by atoms with Crippen LogP contribution < -0.4 is 4.90 Å². The molecule has 0 aliphatic rings. The van der Waals surface area contributed by atoms with Gasteiger partial charge >= 0.3 is 0 Å². The number of para-hydroxylation sites is 1. The Bertz CT molecular complexity index is 2600. The van der Waals surface area contributed by atoms with E-state index in [1.54, 1.807) is 0 Å². The summed E-state index contributed by atoms with van der Waals surface area (Å²) < 4.78 is 0. The standard InChI is InChI=1S/C50H35N/c1-3-13-36(14-4-1)38-23-25-41(26-24-38)46-20-11-12-22-49(46)51(45-33-27-37-15-7-8-19-43(37)35-45)44-31-28-42(29-32-44)50-47-21-10-9-18-40(47)30-34-48(50)39-16-5-2-6-17-39/h1-35H. The van der Waals surface area contributed by atoms with E-state index < -0.39 is 0 Å². The average Bonchev–Trinajstić information content (AvgIpc) is 3.22. The zero-order chi connectivity index (χ0) is 34.0. The van der Waals surface area contributed by atoms with Crippen LogP contribution in [0.25, 0.3) is 66.1 Å². The van der Waals surface area contributed by atoms with E-state index in [4.69, 9.17) is 0 Å². The van der Waals surface area contributed by atoms with Crippen LogP contribution in [0.4, 0.5) is 17.1 Å². The molecule has 0 unspecified atom stereocenters. The zero-order valence-corrected chi connectivity index (χ0v) is 28.2. The first-order valence-corrected chi connectivity index (χ1v) is 17.5. The molecule has 0 saturated carbocycles. The molecule has 0 atom stereocenters. The zero-order valence-electron chi connectivity index (χ0n) is 28.2. The van der Waals surface area contributed by atoms with Crippen LogP contribution in [0.5, 0.6) is 0 Å². The highest BCUT2D eigenvalue weighted by Crippen LogP contribution is 2.44. The summed E-state index contributed by atoms with van der Waals surface area (Å²) in [4.78, 5) is 2.40. The minimum Gasteiger partial charge on any atom is -0.310 e. The summed E-state index contributed by atoms with van der Waals surface area (Å²) in [5.41, 5.74) is 13.0. The maximum absolute atomic E-state index is 2.40. The van der Waals surface area contributed by atoms with Gasteiger partial charge in [-0.05, 0) is 90.8 Å². The lowest BCUT2D eigenvalue weighted by Crippen LogP contribution is -2.11. The Labute approximate surface area is 299 Å². The molecule has 0 aliphatic heterocycles. The molecular formula is C50H35N. The Morgan fingerprint density at radius 2 is 0.784 bits per heavy atom. The molecule has 0 N–H and O–H groups in total. The minimum absolute atomic E-state index is 1.10. The molecule has 51 heavy (non-hydrogen) atoms. The quantitative estimate of drug-likeness (QED) is 0.166. The van der Waals surface area contributed by atoms with Crippen molar-refractivity contribution in [2.75, 3.05) is 4.90 Å². The number of fused-ring (bicyclic) bond motifs is 2. The Morgan fingerprint density at radius 1 is 0.275 bits per heavy atom. The van der Waals surface area contributed by atoms with Crippen molar-refractivity contribution in [2.45, 2.75) is 0 Å². The first-order valence-electron chi connectivity index (χ1n) is 17.5. The second-order valence-corrected chi connectivity index (χ2v) is 12.9. The second-order valence-electron chi connectivity index (χ2n) is 12.9. The van der Waals surface area contributed by atoms with E-state index in [2.05, 4.69) is 217 Å². The Kier molecular flexibility index (Phi) is 7.92. The highest BCUT2D eigenvalue weighted by atomic mass is 15.1. The number of benzene rings is 9. The van der Waals surface area contributed by atoms with E-state index in [-0.39, 0.29) is 0 Å². The van der Waals surface area contributed by atoms with Crippen LogP contribution in [-0.4, -0.2) is 0 Å². The van der Waals surface area contributed by atoms with Crippen molar-refractivity contribution in [3.8, 4) is 44.5 Å². The number of anilines is 3. The van der Waals surface area contributed by atoms with Gasteiger partial charge in [-0.1, -0.05) is 182 Å². The topological polar surface area (TPSA) is 3.24 Å². The van der Waals surface area contributed by atoms with Crippen molar-refractivity contribution in [3.05, 3.63) is 212 Å². The van der Waals surface area contributed by atoms with Crippen LogP contribution in [0.1, 0.15) is 0 Å². The molecule has 0 aliphatic carbocycles. The molecule has 0 bridgehead atoms. The van der Waals surface area contributed by atoms with Gasteiger partial charge in [0.15, 0.2) is 0 Å². The molecule has 9 aromatic carbocycles. The van der Waals surface area contributed by atoms with E-state index >= 15 is 0 Å². The summed E-state index contributed by atoms with van der Waals surface area (Å²) in [6.07, 6.45) is 0. The van der Waals surface area contributed by atoms with Crippen molar-refractivity contribution in [1.29, 1.82) is 0 Å². The van der Waals surface area contributed by atoms with Crippen LogP contribution in [0.3, 0.4) is 0 Å². The van der Waals surface area contributed by atoms with Crippen LogP contribution in [-0.2, 0) is 0 Å². The molecule has 9 aromatic rings. The monoisotopic (exact) mass is 649 g/mol. The molecule has 0 fully saturated rings. The van der Waals surface area contributed by atoms with Crippen LogP contribution in [0.2, 0.25) is 0 Å². The van der Waals surface area contributed by atoms with Gasteiger partial charge in [0, 0.05) is 16.9 Å². The minimum atomic E-state index is 1.10. The number of hydrogen-bond donors (Lipinski definition) is 0. The van der Waals surface area contributed by atoms with E-state index in [1.165, 1.54) is 66.1 Å². The van der Waals surface area contributed by atoms with Gasteiger partial charge < -0.3 is 4.90 Å². The average molecular weight is 650 g/mol. The van der Waals surface area contributed by atoms with E-state index in [1.807, 2.05) is 0 Å². The van der Waals surface area contributed by atoms with Crippen LogP contribution in [0, 0.1) is 0 Å². The molecule has 9 rings (SSSR count). The van der Waals surface area contributed by atoms with Crippen molar-refractivity contribution in [3.63, 3.8) is 0 Å². The number of nitrogens with zero attached hydrogens (tertiary/aromatic N) is 1. The maximum Gasteiger partial charge on any atom is 0.0540 e.